The van der Waals surface area contributed by atoms with Crippen LogP contribution in [0.1, 0.15) is 24.1 Å². The van der Waals surface area contributed by atoms with Crippen molar-refractivity contribution in [3.8, 4) is 0 Å². The molecule has 0 aliphatic carbocycles. The third-order valence-electron chi connectivity index (χ3n) is 4.59. The highest BCUT2D eigenvalue weighted by atomic mass is 35.5. The van der Waals surface area contributed by atoms with Crippen LogP contribution in [-0.2, 0) is 20.7 Å². The first-order valence-corrected chi connectivity index (χ1v) is 10.3. The molecule has 2 unspecified atom stereocenters. The summed E-state index contributed by atoms with van der Waals surface area (Å²) >= 11 is 7.53. The zero-order valence-electron chi connectivity index (χ0n) is 15.6. The number of nitrogens with one attached hydrogen (secondary N) is 4. The Hall–Kier alpha value is -1.97. The number of fused-ring (bicyclic) bond motifs is 1. The number of alkyl halides is 1. The van der Waals surface area contributed by atoms with Crippen LogP contribution in [0.25, 0.3) is 0 Å². The van der Waals surface area contributed by atoms with E-state index in [1.165, 1.54) is 18.9 Å². The predicted molar refractivity (Wildman–Crippen MR) is 109 cm³/mol. The smallest absolute Gasteiger partial charge is 0.315 e. The maximum atomic E-state index is 12.8. The number of hydrogen-bond acceptors (Lipinski definition) is 5. The molecule has 0 bridgehead atoms. The van der Waals surface area contributed by atoms with E-state index in [4.69, 9.17) is 16.3 Å². The van der Waals surface area contributed by atoms with Gasteiger partial charge >= 0.3 is 6.03 Å². The van der Waals surface area contributed by atoms with Gasteiger partial charge in [0, 0.05) is 19.3 Å². The highest BCUT2D eigenvalue weighted by molar-refractivity contribution is 8.01. The van der Waals surface area contributed by atoms with Gasteiger partial charge in [0.05, 0.1) is 29.8 Å². The minimum atomic E-state index is -0.533. The van der Waals surface area contributed by atoms with Crippen molar-refractivity contribution in [3.63, 3.8) is 0 Å². The molecular formula is C18H23ClN4O4S. The normalized spacial score (nSPS) is 23.1. The van der Waals surface area contributed by atoms with Crippen molar-refractivity contribution < 1.29 is 19.1 Å². The van der Waals surface area contributed by atoms with E-state index in [0.717, 1.165) is 16.8 Å². The first-order chi connectivity index (χ1) is 13.4. The van der Waals surface area contributed by atoms with Gasteiger partial charge in [-0.25, -0.2) is 4.79 Å². The van der Waals surface area contributed by atoms with Gasteiger partial charge in [-0.05, 0) is 24.1 Å². The van der Waals surface area contributed by atoms with Crippen molar-refractivity contribution in [1.29, 1.82) is 0 Å². The number of carbonyl (C=O) groups excluding carboxylic acids is 3. The average molecular weight is 427 g/mol. The molecule has 0 aromatic heterocycles. The Kier molecular flexibility index (Phi) is 6.69. The molecule has 3 rings (SSSR count). The van der Waals surface area contributed by atoms with Gasteiger partial charge in [0.25, 0.3) is 0 Å². The van der Waals surface area contributed by atoms with Crippen LogP contribution in [0.4, 0.5) is 10.5 Å². The van der Waals surface area contributed by atoms with Gasteiger partial charge < -0.3 is 26.0 Å². The second kappa shape index (κ2) is 9.02. The van der Waals surface area contributed by atoms with Crippen LogP contribution in [0.3, 0.4) is 0 Å². The molecule has 1 aromatic rings. The molecule has 0 radical (unpaired) electrons. The lowest BCUT2D eigenvalue weighted by molar-refractivity contribution is -0.122. The SMILES string of the molecule is COC[C@H](SC1NC(=O)NCC1Cl)C(=O)N[C@H](C)c1ccc2c(c1)CC(=O)N2. The number of amides is 4. The van der Waals surface area contributed by atoms with E-state index >= 15 is 0 Å². The van der Waals surface area contributed by atoms with Crippen LogP contribution in [0.5, 0.6) is 0 Å². The fourth-order valence-electron chi connectivity index (χ4n) is 3.10. The first kappa shape index (κ1) is 20.8. The number of ether oxygens (including phenoxy) is 1. The fourth-order valence-corrected chi connectivity index (χ4v) is 4.62. The molecule has 0 saturated carbocycles. The van der Waals surface area contributed by atoms with E-state index in [0.29, 0.717) is 13.0 Å². The molecule has 2 aliphatic heterocycles. The maximum Gasteiger partial charge on any atom is 0.315 e. The molecule has 0 spiro atoms. The minimum Gasteiger partial charge on any atom is -0.383 e. The van der Waals surface area contributed by atoms with E-state index in [9.17, 15) is 14.4 Å². The van der Waals surface area contributed by atoms with Crippen LogP contribution >= 0.6 is 23.4 Å². The molecule has 2 aliphatic rings. The summed E-state index contributed by atoms with van der Waals surface area (Å²) in [5.74, 6) is -0.231. The molecule has 1 aromatic carbocycles. The molecule has 10 heteroatoms. The van der Waals surface area contributed by atoms with E-state index < -0.39 is 10.6 Å². The molecule has 1 saturated heterocycles. The standard InChI is InChI=1S/C18H23ClN4O4S/c1-9(10-3-4-13-11(5-10)6-15(24)22-13)21-16(25)14(8-27-2)28-17-12(19)7-20-18(26)23-17/h3-5,9,12,14,17H,6-8H2,1-2H3,(H,21,25)(H,22,24)(H2,20,23,26)/t9-,12?,14+,17?/m1/s1. The van der Waals surface area contributed by atoms with Crippen molar-refractivity contribution in [1.82, 2.24) is 16.0 Å². The molecule has 8 nitrogen and oxygen atoms in total. The lowest BCUT2D eigenvalue weighted by atomic mass is 10.0. The Balaban J connectivity index is 1.64. The minimum absolute atomic E-state index is 0.0277. The van der Waals surface area contributed by atoms with Crippen LogP contribution in [0.15, 0.2) is 18.2 Å². The largest absolute Gasteiger partial charge is 0.383 e. The second-order valence-electron chi connectivity index (χ2n) is 6.74. The summed E-state index contributed by atoms with van der Waals surface area (Å²) in [4.78, 5) is 35.9. The Bertz CT molecular complexity index is 778. The number of methoxy groups -OCH3 is 1. The Morgan fingerprint density at radius 1 is 1.43 bits per heavy atom. The Labute approximate surface area is 172 Å². The quantitative estimate of drug-likeness (QED) is 0.492. The molecule has 4 N–H and O–H groups in total. The number of rotatable bonds is 7. The second-order valence-corrected chi connectivity index (χ2v) is 8.65. The van der Waals surface area contributed by atoms with Gasteiger partial charge in [0.2, 0.25) is 11.8 Å². The topological polar surface area (TPSA) is 109 Å². The summed E-state index contributed by atoms with van der Waals surface area (Å²) in [7, 11) is 1.52. The van der Waals surface area contributed by atoms with E-state index in [1.807, 2.05) is 25.1 Å². The Morgan fingerprint density at radius 3 is 2.96 bits per heavy atom. The van der Waals surface area contributed by atoms with Gasteiger partial charge in [-0.15, -0.1) is 23.4 Å². The van der Waals surface area contributed by atoms with Gasteiger partial charge in [-0.3, -0.25) is 9.59 Å². The third-order valence-corrected chi connectivity index (χ3v) is 6.57. The zero-order valence-corrected chi connectivity index (χ0v) is 17.2. The summed E-state index contributed by atoms with van der Waals surface area (Å²) < 4.78 is 5.19. The van der Waals surface area contributed by atoms with Crippen molar-refractivity contribution in [2.75, 3.05) is 25.6 Å². The van der Waals surface area contributed by atoms with Crippen molar-refractivity contribution >= 4 is 46.9 Å². The number of benzene rings is 1. The monoisotopic (exact) mass is 426 g/mol. The summed E-state index contributed by atoms with van der Waals surface area (Å²) in [6.07, 6.45) is 0.346. The lowest BCUT2D eigenvalue weighted by Gasteiger charge is -2.31. The zero-order chi connectivity index (χ0) is 20.3. The highest BCUT2D eigenvalue weighted by Gasteiger charge is 2.33. The third kappa shape index (κ3) is 4.89. The van der Waals surface area contributed by atoms with Crippen molar-refractivity contribution in [2.24, 2.45) is 0 Å². The molecule has 152 valence electrons. The van der Waals surface area contributed by atoms with Crippen LogP contribution in [0, 0.1) is 0 Å². The van der Waals surface area contributed by atoms with Crippen LogP contribution in [0.2, 0.25) is 0 Å². The molecule has 2 heterocycles. The summed E-state index contributed by atoms with van der Waals surface area (Å²) in [5.41, 5.74) is 2.65. The van der Waals surface area contributed by atoms with E-state index in [2.05, 4.69) is 21.3 Å². The summed E-state index contributed by atoms with van der Waals surface area (Å²) in [5, 5.41) is 9.86. The lowest BCUT2D eigenvalue weighted by Crippen LogP contribution is -2.55. The summed E-state index contributed by atoms with van der Waals surface area (Å²) in [6.45, 7) is 2.41. The number of carbonyl (C=O) groups is 3. The molecule has 1 fully saturated rings. The fraction of sp³-hybridized carbons (Fsp3) is 0.500. The van der Waals surface area contributed by atoms with Gasteiger partial charge in [0.1, 0.15) is 5.25 Å². The molecule has 4 amide bonds. The number of halogens is 1. The molecular weight excluding hydrogens is 404 g/mol. The number of anilines is 1. The number of hydrogen-bond donors (Lipinski definition) is 4. The van der Waals surface area contributed by atoms with Crippen LogP contribution in [-0.4, -0.2) is 54.1 Å². The van der Waals surface area contributed by atoms with Crippen LogP contribution < -0.4 is 21.3 Å². The van der Waals surface area contributed by atoms with Crippen molar-refractivity contribution in [2.45, 2.75) is 35.4 Å². The first-order valence-electron chi connectivity index (χ1n) is 8.93. The molecule has 4 atom stereocenters. The molecule has 28 heavy (non-hydrogen) atoms. The predicted octanol–water partition coefficient (Wildman–Crippen LogP) is 1.35. The summed E-state index contributed by atoms with van der Waals surface area (Å²) in [6, 6.07) is 5.11. The average Bonchev–Trinajstić information content (AvgIpc) is 3.03. The van der Waals surface area contributed by atoms with Gasteiger partial charge in [-0.2, -0.15) is 0 Å². The van der Waals surface area contributed by atoms with Gasteiger partial charge in [-0.1, -0.05) is 12.1 Å². The van der Waals surface area contributed by atoms with E-state index in [-0.39, 0.29) is 35.9 Å². The van der Waals surface area contributed by atoms with Crippen molar-refractivity contribution in [3.05, 3.63) is 29.3 Å². The maximum absolute atomic E-state index is 12.8. The highest BCUT2D eigenvalue weighted by Crippen LogP contribution is 2.28. The number of thioether (sulfide) groups is 1. The Morgan fingerprint density at radius 2 is 2.21 bits per heavy atom. The van der Waals surface area contributed by atoms with Gasteiger partial charge in [0.15, 0.2) is 0 Å². The van der Waals surface area contributed by atoms with E-state index in [1.54, 1.807) is 0 Å². The number of urea groups is 1.